The maximum atomic E-state index is 14.4. The number of hydrogen-bond acceptors (Lipinski definition) is 3. The van der Waals surface area contributed by atoms with Crippen LogP contribution in [0, 0.1) is 5.82 Å². The van der Waals surface area contributed by atoms with Crippen molar-refractivity contribution >= 4 is 0 Å². The van der Waals surface area contributed by atoms with Gasteiger partial charge in [-0.25, -0.2) is 9.82 Å². The van der Waals surface area contributed by atoms with Gasteiger partial charge in [0.05, 0.1) is 13.2 Å². The summed E-state index contributed by atoms with van der Waals surface area (Å²) in [7, 11) is 1.45. The van der Waals surface area contributed by atoms with Crippen molar-refractivity contribution in [2.24, 2.45) is 5.84 Å². The molecule has 0 saturated heterocycles. The number of methoxy groups -OCH3 is 1. The van der Waals surface area contributed by atoms with E-state index >= 15 is 0 Å². The molecule has 21 heavy (non-hydrogen) atoms. The zero-order valence-corrected chi connectivity index (χ0v) is 12.6. The van der Waals surface area contributed by atoms with Crippen molar-refractivity contribution in [2.75, 3.05) is 7.11 Å². The third-order valence-electron chi connectivity index (χ3n) is 3.63. The predicted molar refractivity (Wildman–Crippen MR) is 82.6 cm³/mol. The van der Waals surface area contributed by atoms with Crippen LogP contribution >= 0.6 is 0 Å². The molecule has 2 rings (SSSR count). The summed E-state index contributed by atoms with van der Waals surface area (Å²) in [5.74, 6) is 5.91. The summed E-state index contributed by atoms with van der Waals surface area (Å²) < 4.78 is 19.4. The zero-order chi connectivity index (χ0) is 15.4. The lowest BCUT2D eigenvalue weighted by molar-refractivity contribution is 0.381. The summed E-state index contributed by atoms with van der Waals surface area (Å²) in [6.45, 7) is 4.27. The van der Waals surface area contributed by atoms with Gasteiger partial charge in [0.2, 0.25) is 0 Å². The van der Waals surface area contributed by atoms with Crippen molar-refractivity contribution < 1.29 is 9.13 Å². The lowest BCUT2D eigenvalue weighted by Gasteiger charge is -2.19. The molecule has 0 amide bonds. The number of hydrazine groups is 1. The van der Waals surface area contributed by atoms with Gasteiger partial charge in [-0.2, -0.15) is 0 Å². The Hall–Kier alpha value is -1.91. The normalized spacial score (nSPS) is 12.5. The van der Waals surface area contributed by atoms with E-state index in [4.69, 9.17) is 10.6 Å². The highest BCUT2D eigenvalue weighted by Gasteiger charge is 2.19. The molecule has 0 aliphatic rings. The molecular formula is C17H21FN2O. The van der Waals surface area contributed by atoms with Gasteiger partial charge in [-0.3, -0.25) is 5.84 Å². The molecule has 1 unspecified atom stereocenters. The fourth-order valence-corrected chi connectivity index (χ4v) is 2.35. The van der Waals surface area contributed by atoms with Gasteiger partial charge in [-0.15, -0.1) is 0 Å². The highest BCUT2D eigenvalue weighted by atomic mass is 19.1. The number of rotatable bonds is 5. The van der Waals surface area contributed by atoms with E-state index in [1.54, 1.807) is 18.2 Å². The lowest BCUT2D eigenvalue weighted by Crippen LogP contribution is -2.29. The summed E-state index contributed by atoms with van der Waals surface area (Å²) in [6, 6.07) is 12.7. The van der Waals surface area contributed by atoms with Crippen LogP contribution in [-0.4, -0.2) is 7.11 Å². The minimum Gasteiger partial charge on any atom is -0.494 e. The smallest absolute Gasteiger partial charge is 0.170 e. The number of halogens is 1. The molecule has 0 aliphatic heterocycles. The summed E-state index contributed by atoms with van der Waals surface area (Å²) >= 11 is 0. The second-order valence-corrected chi connectivity index (χ2v) is 5.28. The van der Waals surface area contributed by atoms with Gasteiger partial charge in [-0.05, 0) is 23.1 Å². The third-order valence-corrected chi connectivity index (χ3v) is 3.63. The Morgan fingerprint density at radius 1 is 1.05 bits per heavy atom. The Kier molecular flexibility index (Phi) is 4.94. The van der Waals surface area contributed by atoms with Gasteiger partial charge < -0.3 is 4.74 Å². The molecule has 0 aliphatic carbocycles. The van der Waals surface area contributed by atoms with Crippen LogP contribution in [0.4, 0.5) is 4.39 Å². The lowest BCUT2D eigenvalue weighted by atomic mass is 9.95. The second-order valence-electron chi connectivity index (χ2n) is 5.28. The van der Waals surface area contributed by atoms with E-state index in [0.717, 1.165) is 5.56 Å². The second kappa shape index (κ2) is 6.70. The summed E-state index contributed by atoms with van der Waals surface area (Å²) in [5.41, 5.74) is 5.29. The fourth-order valence-electron chi connectivity index (χ4n) is 2.35. The highest BCUT2D eigenvalue weighted by molar-refractivity contribution is 5.39. The van der Waals surface area contributed by atoms with E-state index in [1.807, 2.05) is 24.3 Å². The van der Waals surface area contributed by atoms with Crippen LogP contribution in [0.25, 0.3) is 0 Å². The van der Waals surface area contributed by atoms with E-state index in [1.165, 1.54) is 12.7 Å². The first-order valence-corrected chi connectivity index (χ1v) is 6.96. The fraction of sp³-hybridized carbons (Fsp3) is 0.294. The van der Waals surface area contributed by atoms with E-state index in [-0.39, 0.29) is 5.75 Å². The van der Waals surface area contributed by atoms with Gasteiger partial charge in [0.1, 0.15) is 0 Å². The van der Waals surface area contributed by atoms with E-state index in [0.29, 0.717) is 11.5 Å². The summed E-state index contributed by atoms with van der Waals surface area (Å²) in [5, 5.41) is 0. The molecule has 0 bridgehead atoms. The van der Waals surface area contributed by atoms with Crippen LogP contribution < -0.4 is 16.0 Å². The molecule has 1 atom stereocenters. The molecule has 2 aromatic rings. The van der Waals surface area contributed by atoms with Gasteiger partial charge in [0, 0.05) is 5.56 Å². The minimum absolute atomic E-state index is 0.214. The maximum absolute atomic E-state index is 14.4. The molecule has 2 aromatic carbocycles. The van der Waals surface area contributed by atoms with Crippen LogP contribution in [0.15, 0.2) is 42.5 Å². The maximum Gasteiger partial charge on any atom is 0.170 e. The number of nitrogens with two attached hydrogens (primary N) is 1. The first-order chi connectivity index (χ1) is 10.1. The Bertz CT molecular complexity index is 596. The molecule has 3 nitrogen and oxygen atoms in total. The average molecular weight is 288 g/mol. The first-order valence-electron chi connectivity index (χ1n) is 6.96. The topological polar surface area (TPSA) is 47.3 Å². The molecule has 112 valence electrons. The minimum atomic E-state index is -0.415. The summed E-state index contributed by atoms with van der Waals surface area (Å²) in [4.78, 5) is 0. The number of hydrogen-bond donors (Lipinski definition) is 2. The Labute approximate surface area is 124 Å². The quantitative estimate of drug-likeness (QED) is 0.654. The Morgan fingerprint density at radius 3 is 2.19 bits per heavy atom. The number of nitrogens with one attached hydrogen (secondary N) is 1. The van der Waals surface area contributed by atoms with Gasteiger partial charge >= 0.3 is 0 Å². The van der Waals surface area contributed by atoms with Crippen LogP contribution in [0.1, 0.15) is 42.5 Å². The van der Waals surface area contributed by atoms with Gasteiger partial charge in [0.15, 0.2) is 11.6 Å². The third kappa shape index (κ3) is 3.23. The van der Waals surface area contributed by atoms with Crippen molar-refractivity contribution in [3.63, 3.8) is 0 Å². The van der Waals surface area contributed by atoms with Gasteiger partial charge in [0.25, 0.3) is 0 Å². The molecule has 4 heteroatoms. The predicted octanol–water partition coefficient (Wildman–Crippen LogP) is 3.51. The molecule has 0 spiro atoms. The average Bonchev–Trinajstić information content (AvgIpc) is 2.50. The van der Waals surface area contributed by atoms with Crippen LogP contribution in [0.5, 0.6) is 5.75 Å². The van der Waals surface area contributed by atoms with Gasteiger partial charge in [-0.1, -0.05) is 50.2 Å². The zero-order valence-electron chi connectivity index (χ0n) is 12.6. The van der Waals surface area contributed by atoms with Crippen LogP contribution in [0.2, 0.25) is 0 Å². The van der Waals surface area contributed by atoms with Crippen molar-refractivity contribution in [1.82, 2.24) is 5.43 Å². The van der Waals surface area contributed by atoms with Crippen molar-refractivity contribution in [3.05, 3.63) is 65.0 Å². The Balaban J connectivity index is 2.40. The van der Waals surface area contributed by atoms with E-state index < -0.39 is 11.9 Å². The molecule has 0 aromatic heterocycles. The highest BCUT2D eigenvalue weighted by Crippen LogP contribution is 2.29. The molecule has 0 heterocycles. The largest absolute Gasteiger partial charge is 0.494 e. The SMILES string of the molecule is COc1cccc(C(NN)c2ccc(C(C)C)cc2)c1F. The molecule has 3 N–H and O–H groups in total. The van der Waals surface area contributed by atoms with E-state index in [2.05, 4.69) is 19.3 Å². The number of benzene rings is 2. The standard InChI is InChI=1S/C17H21FN2O/c1-11(2)12-7-9-13(10-8-12)17(20-19)14-5-4-6-15(21-3)16(14)18/h4-11,17,20H,19H2,1-3H3. The van der Waals surface area contributed by atoms with Crippen molar-refractivity contribution in [3.8, 4) is 5.75 Å². The molecule has 0 saturated carbocycles. The molecule has 0 radical (unpaired) electrons. The molecular weight excluding hydrogens is 267 g/mol. The number of ether oxygens (including phenoxy) is 1. The van der Waals surface area contributed by atoms with E-state index in [9.17, 15) is 4.39 Å². The van der Waals surface area contributed by atoms with Crippen molar-refractivity contribution in [1.29, 1.82) is 0 Å². The van der Waals surface area contributed by atoms with Crippen molar-refractivity contribution in [2.45, 2.75) is 25.8 Å². The monoisotopic (exact) mass is 288 g/mol. The summed E-state index contributed by atoms with van der Waals surface area (Å²) in [6.07, 6.45) is 0. The van der Waals surface area contributed by atoms with Crippen LogP contribution in [0.3, 0.4) is 0 Å². The van der Waals surface area contributed by atoms with Crippen LogP contribution in [-0.2, 0) is 0 Å². The Morgan fingerprint density at radius 2 is 1.67 bits per heavy atom. The first kappa shape index (κ1) is 15.5. The molecule has 0 fully saturated rings.